The summed E-state index contributed by atoms with van der Waals surface area (Å²) in [6.07, 6.45) is 2.21. The molecule has 0 bridgehead atoms. The van der Waals surface area contributed by atoms with Gasteiger partial charge in [-0.2, -0.15) is 0 Å². The summed E-state index contributed by atoms with van der Waals surface area (Å²) < 4.78 is 0. The molecule has 16 heavy (non-hydrogen) atoms. The third kappa shape index (κ3) is 2.38. The highest BCUT2D eigenvalue weighted by molar-refractivity contribution is 7.09. The van der Waals surface area contributed by atoms with Gasteiger partial charge >= 0.3 is 5.97 Å². The molecule has 1 saturated heterocycles. The molecule has 0 radical (unpaired) electrons. The predicted octanol–water partition coefficient (Wildman–Crippen LogP) is 1.01. The zero-order valence-electron chi connectivity index (χ0n) is 8.68. The Labute approximate surface area is 96.7 Å². The second kappa shape index (κ2) is 4.61. The second-order valence-corrected chi connectivity index (χ2v) is 4.61. The number of aromatic nitrogens is 1. The minimum Gasteiger partial charge on any atom is -0.476 e. The van der Waals surface area contributed by atoms with Gasteiger partial charge in [0.2, 0.25) is 5.91 Å². The van der Waals surface area contributed by atoms with Gasteiger partial charge in [-0.1, -0.05) is 0 Å². The van der Waals surface area contributed by atoms with E-state index in [1.807, 2.05) is 4.90 Å². The molecule has 1 aliphatic rings. The minimum absolute atomic E-state index is 0.0905. The van der Waals surface area contributed by atoms with E-state index in [1.54, 1.807) is 0 Å². The van der Waals surface area contributed by atoms with Crippen LogP contribution in [-0.2, 0) is 11.2 Å². The smallest absolute Gasteiger partial charge is 0.355 e. The van der Waals surface area contributed by atoms with Crippen molar-refractivity contribution in [1.29, 1.82) is 0 Å². The molecule has 1 fully saturated rings. The minimum atomic E-state index is -1.00. The van der Waals surface area contributed by atoms with Gasteiger partial charge in [-0.05, 0) is 6.42 Å². The molecular weight excluding hydrogens is 228 g/mol. The summed E-state index contributed by atoms with van der Waals surface area (Å²) in [6.45, 7) is 1.46. The van der Waals surface area contributed by atoms with Crippen molar-refractivity contribution in [2.24, 2.45) is 0 Å². The molecule has 1 aliphatic heterocycles. The summed E-state index contributed by atoms with van der Waals surface area (Å²) in [5, 5.41) is 11.0. The highest BCUT2D eigenvalue weighted by Crippen LogP contribution is 2.14. The summed E-state index contributed by atoms with van der Waals surface area (Å²) >= 11 is 1.33. The van der Waals surface area contributed by atoms with Gasteiger partial charge in [-0.15, -0.1) is 11.3 Å². The van der Waals surface area contributed by atoms with Gasteiger partial charge in [-0.25, -0.2) is 9.78 Å². The van der Waals surface area contributed by atoms with Gasteiger partial charge in [0, 0.05) is 31.3 Å². The summed E-state index contributed by atoms with van der Waals surface area (Å²) in [4.78, 5) is 27.7. The average Bonchev–Trinajstić information content (AvgIpc) is 2.83. The first-order valence-electron chi connectivity index (χ1n) is 5.12. The SMILES string of the molecule is O=C(O)c1csc(CCN2CCCC2=O)n1. The van der Waals surface area contributed by atoms with Gasteiger partial charge in [0.15, 0.2) is 5.69 Å². The zero-order valence-corrected chi connectivity index (χ0v) is 9.50. The quantitative estimate of drug-likeness (QED) is 0.852. The van der Waals surface area contributed by atoms with E-state index >= 15 is 0 Å². The van der Waals surface area contributed by atoms with Crippen LogP contribution in [0, 0.1) is 0 Å². The van der Waals surface area contributed by atoms with Crippen LogP contribution < -0.4 is 0 Å². The summed E-state index contributed by atoms with van der Waals surface area (Å²) in [6, 6.07) is 0. The fourth-order valence-electron chi connectivity index (χ4n) is 1.70. The van der Waals surface area contributed by atoms with E-state index in [2.05, 4.69) is 4.98 Å². The van der Waals surface area contributed by atoms with Crippen molar-refractivity contribution in [3.05, 3.63) is 16.1 Å². The van der Waals surface area contributed by atoms with Gasteiger partial charge in [0.25, 0.3) is 0 Å². The van der Waals surface area contributed by atoms with E-state index in [4.69, 9.17) is 5.11 Å². The average molecular weight is 240 g/mol. The van der Waals surface area contributed by atoms with Crippen LogP contribution in [0.1, 0.15) is 28.3 Å². The molecule has 5 nitrogen and oxygen atoms in total. The molecule has 1 aromatic rings. The van der Waals surface area contributed by atoms with E-state index < -0.39 is 5.97 Å². The van der Waals surface area contributed by atoms with Crippen molar-refractivity contribution in [1.82, 2.24) is 9.88 Å². The van der Waals surface area contributed by atoms with Crippen molar-refractivity contribution in [2.75, 3.05) is 13.1 Å². The molecular formula is C10H12N2O3S. The molecule has 0 saturated carbocycles. The Hall–Kier alpha value is -1.43. The number of carbonyl (C=O) groups is 2. The van der Waals surface area contributed by atoms with Crippen molar-refractivity contribution in [3.8, 4) is 0 Å². The largest absolute Gasteiger partial charge is 0.476 e. The van der Waals surface area contributed by atoms with Crippen molar-refractivity contribution in [3.63, 3.8) is 0 Å². The number of nitrogens with zero attached hydrogens (tertiary/aromatic N) is 2. The lowest BCUT2D eigenvalue weighted by Crippen LogP contribution is -2.26. The highest BCUT2D eigenvalue weighted by atomic mass is 32.1. The molecule has 0 unspecified atom stereocenters. The van der Waals surface area contributed by atoms with E-state index in [0.29, 0.717) is 19.4 Å². The van der Waals surface area contributed by atoms with E-state index in [-0.39, 0.29) is 11.6 Å². The number of hydrogen-bond acceptors (Lipinski definition) is 4. The first-order chi connectivity index (χ1) is 7.66. The maximum absolute atomic E-state index is 11.3. The predicted molar refractivity (Wildman–Crippen MR) is 58.6 cm³/mol. The molecule has 86 valence electrons. The Morgan fingerprint density at radius 2 is 2.44 bits per heavy atom. The van der Waals surface area contributed by atoms with Crippen LogP contribution in [0.3, 0.4) is 0 Å². The maximum Gasteiger partial charge on any atom is 0.355 e. The normalized spacial score (nSPS) is 15.8. The summed E-state index contributed by atoms with van der Waals surface area (Å²) in [5.74, 6) is -0.810. The third-order valence-corrected chi connectivity index (χ3v) is 3.45. The number of likely N-dealkylation sites (tertiary alicyclic amines) is 1. The van der Waals surface area contributed by atoms with Gasteiger partial charge in [0.05, 0.1) is 5.01 Å². The number of hydrogen-bond donors (Lipinski definition) is 1. The topological polar surface area (TPSA) is 70.5 Å². The molecule has 0 spiro atoms. The molecule has 0 aliphatic carbocycles. The van der Waals surface area contributed by atoms with Crippen molar-refractivity contribution < 1.29 is 14.7 Å². The Bertz CT molecular complexity index is 416. The molecule has 1 N–H and O–H groups in total. The zero-order chi connectivity index (χ0) is 11.5. The second-order valence-electron chi connectivity index (χ2n) is 3.67. The molecule has 2 rings (SSSR count). The molecule has 1 aromatic heterocycles. The van der Waals surface area contributed by atoms with E-state index in [0.717, 1.165) is 18.0 Å². The first kappa shape index (κ1) is 11.1. The Balaban J connectivity index is 1.89. The van der Waals surface area contributed by atoms with E-state index in [1.165, 1.54) is 16.7 Å². The Morgan fingerprint density at radius 3 is 3.00 bits per heavy atom. The standard InChI is InChI=1S/C10H12N2O3S/c13-9-2-1-4-12(9)5-3-8-11-7(6-16-8)10(14)15/h6H,1-5H2,(H,14,15). The molecule has 0 atom stereocenters. The van der Waals surface area contributed by atoms with Gasteiger partial charge in [0.1, 0.15) is 0 Å². The van der Waals surface area contributed by atoms with Crippen LogP contribution >= 0.6 is 11.3 Å². The fourth-order valence-corrected chi connectivity index (χ4v) is 2.46. The number of carboxylic acid groups (broad SMARTS) is 1. The van der Waals surface area contributed by atoms with Crippen LogP contribution in [-0.4, -0.2) is 40.0 Å². The van der Waals surface area contributed by atoms with Gasteiger partial charge < -0.3 is 10.0 Å². The van der Waals surface area contributed by atoms with Gasteiger partial charge in [-0.3, -0.25) is 4.79 Å². The Kier molecular flexibility index (Phi) is 3.19. The summed E-state index contributed by atoms with van der Waals surface area (Å²) in [5.41, 5.74) is 0.0905. The third-order valence-electron chi connectivity index (χ3n) is 2.54. The number of amides is 1. The number of rotatable bonds is 4. The van der Waals surface area contributed by atoms with Crippen molar-refractivity contribution >= 4 is 23.2 Å². The molecule has 1 amide bonds. The number of carboxylic acids is 1. The van der Waals surface area contributed by atoms with Crippen LogP contribution in [0.25, 0.3) is 0 Å². The van der Waals surface area contributed by atoms with E-state index in [9.17, 15) is 9.59 Å². The van der Waals surface area contributed by atoms with Crippen LogP contribution in [0.15, 0.2) is 5.38 Å². The van der Waals surface area contributed by atoms with Crippen LogP contribution in [0.5, 0.6) is 0 Å². The van der Waals surface area contributed by atoms with Crippen LogP contribution in [0.4, 0.5) is 0 Å². The molecule has 0 aromatic carbocycles. The number of carbonyl (C=O) groups excluding carboxylic acids is 1. The first-order valence-corrected chi connectivity index (χ1v) is 6.00. The number of thiazole rings is 1. The lowest BCUT2D eigenvalue weighted by atomic mass is 10.4. The Morgan fingerprint density at radius 1 is 1.62 bits per heavy atom. The fraction of sp³-hybridized carbons (Fsp3) is 0.500. The summed E-state index contributed by atoms with van der Waals surface area (Å²) in [7, 11) is 0. The molecule has 2 heterocycles. The van der Waals surface area contributed by atoms with Crippen molar-refractivity contribution in [2.45, 2.75) is 19.3 Å². The van der Waals surface area contributed by atoms with Crippen LogP contribution in [0.2, 0.25) is 0 Å². The highest BCUT2D eigenvalue weighted by Gasteiger charge is 2.20. The number of aromatic carboxylic acids is 1. The monoisotopic (exact) mass is 240 g/mol. The lowest BCUT2D eigenvalue weighted by molar-refractivity contribution is -0.127. The maximum atomic E-state index is 11.3. The molecule has 6 heteroatoms. The lowest BCUT2D eigenvalue weighted by Gasteiger charge is -2.13.